The minimum atomic E-state index is -0.513. The molecule has 6 heteroatoms. The Balaban J connectivity index is 2.37. The van der Waals surface area contributed by atoms with Crippen LogP contribution in [0.3, 0.4) is 0 Å². The standard InChI is InChI=1S/C11H11NO5/c1-15-6-9-5-11-10(16-7-17-11)4-8(9)2-3-12(13)14/h2-5H,6-7H2,1H3. The molecule has 0 amide bonds. The third-order valence-corrected chi connectivity index (χ3v) is 2.31. The van der Waals surface area contributed by atoms with Crippen LogP contribution in [0.2, 0.25) is 0 Å². The SMILES string of the molecule is COCc1cc2c(cc1C=C[N+](=O)[O-])OCO2. The average Bonchev–Trinajstić information content (AvgIpc) is 2.73. The zero-order valence-electron chi connectivity index (χ0n) is 9.21. The van der Waals surface area contributed by atoms with Crippen molar-refractivity contribution in [3.05, 3.63) is 39.6 Å². The Hall–Kier alpha value is -2.08. The highest BCUT2D eigenvalue weighted by Crippen LogP contribution is 2.35. The zero-order chi connectivity index (χ0) is 12.3. The number of hydrogen-bond donors (Lipinski definition) is 0. The number of methoxy groups -OCH3 is 1. The summed E-state index contributed by atoms with van der Waals surface area (Å²) < 4.78 is 15.5. The molecule has 0 atom stereocenters. The molecule has 0 N–H and O–H groups in total. The third-order valence-electron chi connectivity index (χ3n) is 2.31. The molecule has 0 unspecified atom stereocenters. The number of ether oxygens (including phenoxy) is 3. The molecule has 17 heavy (non-hydrogen) atoms. The van der Waals surface area contributed by atoms with Gasteiger partial charge < -0.3 is 14.2 Å². The lowest BCUT2D eigenvalue weighted by Crippen LogP contribution is -1.93. The maximum atomic E-state index is 10.3. The van der Waals surface area contributed by atoms with Gasteiger partial charge in [-0.1, -0.05) is 0 Å². The largest absolute Gasteiger partial charge is 0.454 e. The van der Waals surface area contributed by atoms with Crippen molar-refractivity contribution in [1.29, 1.82) is 0 Å². The molecule has 90 valence electrons. The summed E-state index contributed by atoms with van der Waals surface area (Å²) in [5.74, 6) is 1.23. The van der Waals surface area contributed by atoms with Gasteiger partial charge in [0.25, 0.3) is 0 Å². The van der Waals surface area contributed by atoms with Gasteiger partial charge in [0.15, 0.2) is 11.5 Å². The molecule has 0 saturated heterocycles. The van der Waals surface area contributed by atoms with Crippen molar-refractivity contribution in [3.8, 4) is 11.5 Å². The van der Waals surface area contributed by atoms with Gasteiger partial charge in [0.1, 0.15) is 0 Å². The molecule has 1 aliphatic heterocycles. The Morgan fingerprint density at radius 1 is 1.47 bits per heavy atom. The third kappa shape index (κ3) is 2.54. The lowest BCUT2D eigenvalue weighted by Gasteiger charge is -2.06. The van der Waals surface area contributed by atoms with E-state index >= 15 is 0 Å². The van der Waals surface area contributed by atoms with Gasteiger partial charge >= 0.3 is 0 Å². The van der Waals surface area contributed by atoms with Gasteiger partial charge in [-0.2, -0.15) is 0 Å². The first-order valence-corrected chi connectivity index (χ1v) is 4.94. The van der Waals surface area contributed by atoms with Gasteiger partial charge in [0, 0.05) is 13.2 Å². The van der Waals surface area contributed by atoms with E-state index in [9.17, 15) is 10.1 Å². The Bertz CT molecular complexity index is 469. The average molecular weight is 237 g/mol. The van der Waals surface area contributed by atoms with Crippen LogP contribution in [0.15, 0.2) is 18.3 Å². The van der Waals surface area contributed by atoms with Crippen LogP contribution in [0.25, 0.3) is 6.08 Å². The first-order chi connectivity index (χ1) is 8.20. The number of rotatable bonds is 4. The first-order valence-electron chi connectivity index (χ1n) is 4.94. The Morgan fingerprint density at radius 3 is 2.82 bits per heavy atom. The zero-order valence-corrected chi connectivity index (χ0v) is 9.21. The fourth-order valence-corrected chi connectivity index (χ4v) is 1.58. The number of nitro groups is 1. The summed E-state index contributed by atoms with van der Waals surface area (Å²) >= 11 is 0. The number of hydrogen-bond acceptors (Lipinski definition) is 5. The van der Waals surface area contributed by atoms with Crippen LogP contribution in [-0.4, -0.2) is 18.8 Å². The van der Waals surface area contributed by atoms with E-state index in [-0.39, 0.29) is 6.79 Å². The van der Waals surface area contributed by atoms with E-state index in [1.54, 1.807) is 19.2 Å². The van der Waals surface area contributed by atoms with Crippen LogP contribution < -0.4 is 9.47 Å². The molecule has 0 aromatic heterocycles. The smallest absolute Gasteiger partial charge is 0.235 e. The van der Waals surface area contributed by atoms with Gasteiger partial charge in [0.05, 0.1) is 11.5 Å². The molecule has 1 aromatic carbocycles. The quantitative estimate of drug-likeness (QED) is 0.590. The molecule has 6 nitrogen and oxygen atoms in total. The van der Waals surface area contributed by atoms with Crippen molar-refractivity contribution < 1.29 is 19.1 Å². The van der Waals surface area contributed by atoms with E-state index in [2.05, 4.69) is 0 Å². The van der Waals surface area contributed by atoms with Crippen molar-refractivity contribution >= 4 is 6.08 Å². The number of fused-ring (bicyclic) bond motifs is 1. The van der Waals surface area contributed by atoms with Crippen molar-refractivity contribution in [2.24, 2.45) is 0 Å². The summed E-state index contributed by atoms with van der Waals surface area (Å²) in [7, 11) is 1.56. The summed E-state index contributed by atoms with van der Waals surface area (Å²) in [6.07, 6.45) is 2.30. The molecule has 2 rings (SSSR count). The first kappa shape index (κ1) is 11.4. The molecule has 1 aromatic rings. The van der Waals surface area contributed by atoms with Crippen LogP contribution in [0.1, 0.15) is 11.1 Å². The van der Waals surface area contributed by atoms with Crippen molar-refractivity contribution in [3.63, 3.8) is 0 Å². The second-order valence-electron chi connectivity index (χ2n) is 3.44. The summed E-state index contributed by atoms with van der Waals surface area (Å²) in [4.78, 5) is 9.79. The van der Waals surface area contributed by atoms with Gasteiger partial charge in [0.2, 0.25) is 13.0 Å². The van der Waals surface area contributed by atoms with Gasteiger partial charge in [-0.25, -0.2) is 0 Å². The molecular weight excluding hydrogens is 226 g/mol. The summed E-state index contributed by atoms with van der Waals surface area (Å²) in [6, 6.07) is 3.47. The van der Waals surface area contributed by atoms with Crippen LogP contribution in [0.4, 0.5) is 0 Å². The van der Waals surface area contributed by atoms with Crippen molar-refractivity contribution in [2.45, 2.75) is 6.61 Å². The number of nitrogens with zero attached hydrogens (tertiary/aromatic N) is 1. The normalized spacial score (nSPS) is 13.2. The highest BCUT2D eigenvalue weighted by molar-refractivity contribution is 5.60. The van der Waals surface area contributed by atoms with E-state index in [1.165, 1.54) is 6.08 Å². The second kappa shape index (κ2) is 4.84. The topological polar surface area (TPSA) is 70.8 Å². The van der Waals surface area contributed by atoms with E-state index in [1.807, 2.05) is 0 Å². The van der Waals surface area contributed by atoms with Gasteiger partial charge in [-0.3, -0.25) is 10.1 Å². The predicted molar refractivity (Wildman–Crippen MR) is 59.3 cm³/mol. The molecular formula is C11H11NO5. The highest BCUT2D eigenvalue weighted by atomic mass is 16.7. The summed E-state index contributed by atoms with van der Waals surface area (Å²) in [5, 5.41) is 10.3. The highest BCUT2D eigenvalue weighted by Gasteiger charge is 2.16. The molecule has 0 saturated carbocycles. The predicted octanol–water partition coefficient (Wildman–Crippen LogP) is 1.81. The molecule has 1 aliphatic rings. The van der Waals surface area contributed by atoms with Crippen LogP contribution in [0, 0.1) is 10.1 Å². The number of benzene rings is 1. The maximum Gasteiger partial charge on any atom is 0.235 e. The van der Waals surface area contributed by atoms with Crippen LogP contribution in [-0.2, 0) is 11.3 Å². The molecule has 0 spiro atoms. The fourth-order valence-electron chi connectivity index (χ4n) is 1.58. The summed E-state index contributed by atoms with van der Waals surface area (Å²) in [5.41, 5.74) is 1.50. The minimum absolute atomic E-state index is 0.171. The maximum absolute atomic E-state index is 10.3. The Labute approximate surface area is 97.6 Å². The summed E-state index contributed by atoms with van der Waals surface area (Å²) in [6.45, 7) is 0.526. The van der Waals surface area contributed by atoms with Gasteiger partial charge in [-0.05, 0) is 23.3 Å². The van der Waals surface area contributed by atoms with Gasteiger partial charge in [-0.15, -0.1) is 0 Å². The Kier molecular flexibility index (Phi) is 3.24. The minimum Gasteiger partial charge on any atom is -0.454 e. The van der Waals surface area contributed by atoms with Crippen LogP contribution in [0.5, 0.6) is 11.5 Å². The fraction of sp³-hybridized carbons (Fsp3) is 0.273. The molecule has 0 aliphatic carbocycles. The van der Waals surface area contributed by atoms with Crippen molar-refractivity contribution in [1.82, 2.24) is 0 Å². The van der Waals surface area contributed by atoms with E-state index < -0.39 is 4.92 Å². The second-order valence-corrected chi connectivity index (χ2v) is 3.44. The molecule has 1 heterocycles. The molecule has 0 radical (unpaired) electrons. The molecule has 0 fully saturated rings. The lowest BCUT2D eigenvalue weighted by atomic mass is 10.1. The Morgan fingerprint density at radius 2 is 2.18 bits per heavy atom. The van der Waals surface area contributed by atoms with E-state index in [0.717, 1.165) is 11.8 Å². The molecule has 0 bridgehead atoms. The van der Waals surface area contributed by atoms with Crippen molar-refractivity contribution in [2.75, 3.05) is 13.9 Å². The lowest BCUT2D eigenvalue weighted by molar-refractivity contribution is -0.400. The van der Waals surface area contributed by atoms with E-state index in [4.69, 9.17) is 14.2 Å². The monoisotopic (exact) mass is 237 g/mol. The van der Waals surface area contributed by atoms with E-state index in [0.29, 0.717) is 23.7 Å². The van der Waals surface area contributed by atoms with Crippen LogP contribution >= 0.6 is 0 Å².